The molecule has 7 rings (SSSR count). The number of furan rings is 1. The number of fused-ring (bicyclic) bond motifs is 11. The minimum absolute atomic E-state index is 0.111. The average molecular weight is 500 g/mol. The number of aromatic nitrogens is 1. The highest BCUT2D eigenvalue weighted by molar-refractivity contribution is 6.88. The van der Waals surface area contributed by atoms with Crippen LogP contribution < -0.4 is 5.19 Å². The monoisotopic (exact) mass is 499 g/mol. The molecule has 37 heavy (non-hydrogen) atoms. The summed E-state index contributed by atoms with van der Waals surface area (Å²) in [6.07, 6.45) is 2.13. The normalized spacial score (nSPS) is 16.4. The fourth-order valence-electron chi connectivity index (χ4n) is 6.42. The molecule has 1 aliphatic carbocycles. The molecule has 2 nitrogen and oxygen atoms in total. The highest BCUT2D eigenvalue weighted by Gasteiger charge is 2.48. The zero-order chi connectivity index (χ0) is 25.9. The van der Waals surface area contributed by atoms with Crippen molar-refractivity contribution < 1.29 is 4.42 Å². The molecular formula is C34H33NOSi. The second-order valence-corrected chi connectivity index (χ2v) is 18.0. The molecule has 0 fully saturated rings. The van der Waals surface area contributed by atoms with Gasteiger partial charge < -0.3 is 4.42 Å². The lowest BCUT2D eigenvalue weighted by Crippen LogP contribution is -2.46. The Balaban J connectivity index is 1.62. The van der Waals surface area contributed by atoms with Crippen LogP contribution in [0.1, 0.15) is 38.8 Å². The van der Waals surface area contributed by atoms with E-state index in [9.17, 15) is 0 Å². The van der Waals surface area contributed by atoms with Crippen molar-refractivity contribution in [2.45, 2.75) is 58.2 Å². The molecule has 2 aromatic heterocycles. The Bertz CT molecular complexity index is 1920. The third-order valence-corrected chi connectivity index (χ3v) is 11.4. The summed E-state index contributed by atoms with van der Waals surface area (Å²) in [5.74, 6) is 0. The minimum atomic E-state index is -1.49. The average Bonchev–Trinajstić information content (AvgIpc) is 3.25. The zero-order valence-electron chi connectivity index (χ0n) is 22.8. The quantitative estimate of drug-likeness (QED) is 0.167. The lowest BCUT2D eigenvalue weighted by atomic mass is 9.56. The summed E-state index contributed by atoms with van der Waals surface area (Å²) in [4.78, 5) is 5.13. The first-order chi connectivity index (χ1) is 17.5. The predicted molar refractivity (Wildman–Crippen MR) is 161 cm³/mol. The molecule has 2 heterocycles. The van der Waals surface area contributed by atoms with Crippen molar-refractivity contribution in [2.75, 3.05) is 0 Å². The molecule has 0 N–H and O–H groups in total. The maximum Gasteiger partial charge on any atom is 0.143 e. The van der Waals surface area contributed by atoms with Crippen LogP contribution in [-0.2, 0) is 10.8 Å². The third-order valence-electron chi connectivity index (χ3n) is 9.38. The lowest BCUT2D eigenvalue weighted by Gasteiger charge is -2.47. The Hall–Kier alpha value is -3.43. The van der Waals surface area contributed by atoms with Crippen LogP contribution in [0.3, 0.4) is 0 Å². The number of benzene rings is 4. The lowest BCUT2D eigenvalue weighted by molar-refractivity contribution is 0.298. The van der Waals surface area contributed by atoms with Crippen LogP contribution in [0.15, 0.2) is 77.3 Å². The van der Waals surface area contributed by atoms with E-state index in [2.05, 4.69) is 120 Å². The van der Waals surface area contributed by atoms with Gasteiger partial charge in [-0.2, -0.15) is 0 Å². The molecule has 4 aromatic carbocycles. The van der Waals surface area contributed by atoms with Gasteiger partial charge in [0.2, 0.25) is 0 Å². The minimum Gasteiger partial charge on any atom is -0.455 e. The van der Waals surface area contributed by atoms with Gasteiger partial charge in [0, 0.05) is 44.3 Å². The fraction of sp³-hybridized carbons (Fsp3) is 0.265. The maximum atomic E-state index is 6.97. The van der Waals surface area contributed by atoms with Crippen molar-refractivity contribution in [1.29, 1.82) is 0 Å². The van der Waals surface area contributed by atoms with Gasteiger partial charge in [-0.15, -0.1) is 0 Å². The number of pyridine rings is 1. The Labute approximate surface area is 219 Å². The first kappa shape index (κ1) is 22.7. The largest absolute Gasteiger partial charge is 0.455 e. The van der Waals surface area contributed by atoms with Gasteiger partial charge in [0.1, 0.15) is 11.2 Å². The Kier molecular flexibility index (Phi) is 4.37. The van der Waals surface area contributed by atoms with Gasteiger partial charge in [-0.1, -0.05) is 102 Å². The summed E-state index contributed by atoms with van der Waals surface area (Å²) < 4.78 is 6.97. The molecule has 0 unspecified atom stereocenters. The van der Waals surface area contributed by atoms with Crippen LogP contribution in [0.5, 0.6) is 0 Å². The SMILES string of the molecule is CC1(C)c2cc([Si](C)(C)C)cnc2-c2ccc3c(oc4c3ccc3ccc5ccccc5c34)c2C1(C)C. The molecule has 0 bridgehead atoms. The van der Waals surface area contributed by atoms with Crippen molar-refractivity contribution in [1.82, 2.24) is 4.98 Å². The molecule has 0 saturated carbocycles. The van der Waals surface area contributed by atoms with E-state index in [0.29, 0.717) is 0 Å². The summed E-state index contributed by atoms with van der Waals surface area (Å²) in [6.45, 7) is 16.7. The zero-order valence-corrected chi connectivity index (χ0v) is 23.8. The van der Waals surface area contributed by atoms with Crippen LogP contribution in [0, 0.1) is 0 Å². The summed E-state index contributed by atoms with van der Waals surface area (Å²) in [6, 6.07) is 24.5. The third kappa shape index (κ3) is 2.89. The van der Waals surface area contributed by atoms with Crippen molar-refractivity contribution in [3.05, 3.63) is 84.1 Å². The summed E-state index contributed by atoms with van der Waals surface area (Å²) in [5, 5.41) is 8.68. The molecule has 6 aromatic rings. The maximum absolute atomic E-state index is 6.97. The fourth-order valence-corrected chi connectivity index (χ4v) is 7.45. The van der Waals surface area contributed by atoms with Gasteiger partial charge in [0.25, 0.3) is 0 Å². The topological polar surface area (TPSA) is 26.0 Å². The van der Waals surface area contributed by atoms with Crippen molar-refractivity contribution in [3.63, 3.8) is 0 Å². The standard InChI is InChI=1S/C34H33NOSi/c1-33(2)27-18-22(37(5,6)7)19-35-30(27)26-17-16-25-24-15-14-21-13-12-20-10-8-9-11-23(20)28(21)31(24)36-32(25)29(26)34(33,3)4/h8-19H,1-7H3. The van der Waals surface area contributed by atoms with Crippen LogP contribution in [0.4, 0.5) is 0 Å². The molecule has 0 saturated heterocycles. The highest BCUT2D eigenvalue weighted by atomic mass is 28.3. The second-order valence-electron chi connectivity index (χ2n) is 12.9. The molecule has 184 valence electrons. The van der Waals surface area contributed by atoms with E-state index in [-0.39, 0.29) is 10.8 Å². The van der Waals surface area contributed by atoms with Crippen molar-refractivity contribution >= 4 is 56.7 Å². The van der Waals surface area contributed by atoms with E-state index < -0.39 is 8.07 Å². The van der Waals surface area contributed by atoms with Crippen LogP contribution in [-0.4, -0.2) is 13.1 Å². The summed E-state index contributed by atoms with van der Waals surface area (Å²) in [7, 11) is -1.49. The number of rotatable bonds is 1. The Morgan fingerprint density at radius 3 is 2.16 bits per heavy atom. The second kappa shape index (κ2) is 7.11. The number of hydrogen-bond acceptors (Lipinski definition) is 2. The van der Waals surface area contributed by atoms with Crippen LogP contribution >= 0.6 is 0 Å². The highest BCUT2D eigenvalue weighted by Crippen LogP contribution is 2.56. The van der Waals surface area contributed by atoms with Crippen molar-refractivity contribution in [2.24, 2.45) is 0 Å². The van der Waals surface area contributed by atoms with E-state index in [4.69, 9.17) is 9.40 Å². The van der Waals surface area contributed by atoms with Gasteiger partial charge >= 0.3 is 0 Å². The molecule has 0 aliphatic heterocycles. The van der Waals surface area contributed by atoms with E-state index in [1.807, 2.05) is 0 Å². The number of hydrogen-bond donors (Lipinski definition) is 0. The van der Waals surface area contributed by atoms with E-state index in [0.717, 1.165) is 16.9 Å². The van der Waals surface area contributed by atoms with Crippen LogP contribution in [0.25, 0.3) is 54.7 Å². The number of nitrogens with zero attached hydrogens (tertiary/aromatic N) is 1. The Morgan fingerprint density at radius 2 is 1.38 bits per heavy atom. The first-order valence-corrected chi connectivity index (χ1v) is 16.8. The molecule has 1 aliphatic rings. The molecule has 3 heteroatoms. The van der Waals surface area contributed by atoms with Gasteiger partial charge in [-0.05, 0) is 39.0 Å². The molecular weight excluding hydrogens is 466 g/mol. The first-order valence-electron chi connectivity index (χ1n) is 13.3. The Morgan fingerprint density at radius 1 is 0.703 bits per heavy atom. The van der Waals surface area contributed by atoms with Gasteiger partial charge in [-0.3, -0.25) is 4.98 Å². The van der Waals surface area contributed by atoms with Crippen molar-refractivity contribution in [3.8, 4) is 11.3 Å². The van der Waals surface area contributed by atoms with E-state index in [1.54, 1.807) is 0 Å². The van der Waals surface area contributed by atoms with Gasteiger partial charge in [-0.25, -0.2) is 0 Å². The molecule has 0 radical (unpaired) electrons. The van der Waals surface area contributed by atoms with E-state index in [1.165, 1.54) is 54.2 Å². The summed E-state index contributed by atoms with van der Waals surface area (Å²) in [5.41, 5.74) is 6.69. The smallest absolute Gasteiger partial charge is 0.143 e. The van der Waals surface area contributed by atoms with Gasteiger partial charge in [0.05, 0.1) is 13.8 Å². The summed E-state index contributed by atoms with van der Waals surface area (Å²) >= 11 is 0. The van der Waals surface area contributed by atoms with Gasteiger partial charge in [0.15, 0.2) is 0 Å². The van der Waals surface area contributed by atoms with Crippen LogP contribution in [0.2, 0.25) is 19.6 Å². The molecule has 0 amide bonds. The van der Waals surface area contributed by atoms with E-state index >= 15 is 0 Å². The molecule has 0 spiro atoms. The molecule has 0 atom stereocenters. The predicted octanol–water partition coefficient (Wildman–Crippen LogP) is 9.07.